The molecular weight excluding hydrogens is 829 g/mol. The number of aliphatic hydroxyl groups is 1. The topological polar surface area (TPSA) is 184 Å². The highest BCUT2D eigenvalue weighted by Gasteiger charge is 2.36. The maximum atomic E-state index is 12.9. The van der Waals surface area contributed by atoms with Crippen LogP contribution in [0.2, 0.25) is 0 Å². The molecule has 0 radical (unpaired) electrons. The summed E-state index contributed by atoms with van der Waals surface area (Å²) in [4.78, 5) is 50.2. The van der Waals surface area contributed by atoms with Gasteiger partial charge in [-0.2, -0.15) is 0 Å². The summed E-state index contributed by atoms with van der Waals surface area (Å²) in [5.41, 5.74) is 3.31. The number of unbranched alkanes of at least 4 members (excludes halogenated alkanes) is 3. The van der Waals surface area contributed by atoms with Crippen LogP contribution in [0.25, 0.3) is 0 Å². The summed E-state index contributed by atoms with van der Waals surface area (Å²) in [5, 5.41) is 19.4. The molecule has 0 bridgehead atoms. The van der Waals surface area contributed by atoms with E-state index in [1.165, 1.54) is 28.4 Å². The molecule has 0 aliphatic carbocycles. The van der Waals surface area contributed by atoms with E-state index in [0.717, 1.165) is 24.8 Å². The van der Waals surface area contributed by atoms with Gasteiger partial charge >= 0.3 is 13.6 Å². The van der Waals surface area contributed by atoms with Crippen LogP contribution in [-0.4, -0.2) is 100.0 Å². The van der Waals surface area contributed by atoms with E-state index < -0.39 is 25.5 Å². The number of rotatable bonds is 23. The number of likely N-dealkylation sites (tertiary alicyclic amines) is 1. The summed E-state index contributed by atoms with van der Waals surface area (Å²) in [5.74, 6) is -1.04. The van der Waals surface area contributed by atoms with Gasteiger partial charge in [0, 0.05) is 75.6 Å². The molecule has 2 N–H and O–H groups in total. The third-order valence-electron chi connectivity index (χ3n) is 10.8. The number of ketones is 2. The van der Waals surface area contributed by atoms with Gasteiger partial charge in [0.05, 0.1) is 26.4 Å². The average Bonchev–Trinajstić information content (AvgIpc) is 3.67. The SMILES string of the molecule is COc1ccc(C(=O)c2cccc(C(O)C=C[C@H]3CCC(=O)N3CCCCCCC(=O)O)c2)cc1.COc1ccc(C(OC)(OC)c2cccc(C(=O)CP(=O)(OC)OC)c2)cc1. The van der Waals surface area contributed by atoms with Crippen LogP contribution in [-0.2, 0) is 38.5 Å². The van der Waals surface area contributed by atoms with Crippen molar-refractivity contribution in [1.29, 1.82) is 0 Å². The standard InChI is InChI=1S/C28H33NO6.C20H25O7P/c1-35-24-14-10-20(11-15-24)28(34)22-8-6-7-21(19-22)25(30)16-12-23-13-17-26(31)29(23)18-5-3-2-4-9-27(32)33;1-23-18-11-9-16(10-12-18)20(24-2,25-3)17-8-6-7-15(13-17)19(21)14-28(22,26-4)27-5/h6-8,10-12,14-16,19,23,25,30H,2-5,9,13,17-18H2,1H3,(H,32,33);6-13H,14H2,1-5H3/t23-,25?;/m0./s1. The first-order valence-corrected chi connectivity index (χ1v) is 22.2. The average molecular weight is 888 g/mol. The highest BCUT2D eigenvalue weighted by Crippen LogP contribution is 2.46. The molecule has 14 nitrogen and oxygen atoms in total. The molecule has 0 saturated carbocycles. The van der Waals surface area contributed by atoms with E-state index in [-0.39, 0.29) is 36.1 Å². The predicted octanol–water partition coefficient (Wildman–Crippen LogP) is 8.40. The van der Waals surface area contributed by atoms with E-state index >= 15 is 0 Å². The lowest BCUT2D eigenvalue weighted by Crippen LogP contribution is -2.32. The van der Waals surface area contributed by atoms with Crippen LogP contribution in [0.5, 0.6) is 11.5 Å². The van der Waals surface area contributed by atoms with Crippen LogP contribution in [0.1, 0.15) is 94.0 Å². The molecule has 1 aliphatic heterocycles. The zero-order valence-electron chi connectivity index (χ0n) is 36.7. The zero-order chi connectivity index (χ0) is 46.0. The van der Waals surface area contributed by atoms with E-state index in [1.807, 2.05) is 23.1 Å². The number of hydrogen-bond acceptors (Lipinski definition) is 12. The third kappa shape index (κ3) is 13.8. The van der Waals surface area contributed by atoms with Gasteiger partial charge in [0.1, 0.15) is 17.7 Å². The first-order valence-electron chi connectivity index (χ1n) is 20.5. The van der Waals surface area contributed by atoms with Crippen LogP contribution in [0, 0.1) is 0 Å². The van der Waals surface area contributed by atoms with E-state index in [4.69, 9.17) is 33.1 Å². The molecule has 5 rings (SSSR count). The van der Waals surface area contributed by atoms with Gasteiger partial charge in [-0.3, -0.25) is 23.7 Å². The summed E-state index contributed by atoms with van der Waals surface area (Å²) in [7, 11) is 5.23. The van der Waals surface area contributed by atoms with Crippen molar-refractivity contribution in [2.24, 2.45) is 0 Å². The number of carbonyl (C=O) groups excluding carboxylic acids is 3. The van der Waals surface area contributed by atoms with E-state index in [1.54, 1.807) is 105 Å². The Balaban J connectivity index is 0.000000284. The van der Waals surface area contributed by atoms with Crippen molar-refractivity contribution >= 4 is 31.0 Å². The smallest absolute Gasteiger partial charge is 0.337 e. The number of carboxylic acids is 1. The van der Waals surface area contributed by atoms with Gasteiger partial charge < -0.3 is 43.1 Å². The van der Waals surface area contributed by atoms with Gasteiger partial charge in [-0.25, -0.2) is 0 Å². The summed E-state index contributed by atoms with van der Waals surface area (Å²) in [6, 6.07) is 27.8. The quantitative estimate of drug-likeness (QED) is 0.0238. The fourth-order valence-electron chi connectivity index (χ4n) is 7.18. The Labute approximate surface area is 369 Å². The molecule has 338 valence electrons. The number of carbonyl (C=O) groups is 4. The maximum absolute atomic E-state index is 12.9. The minimum absolute atomic E-state index is 0.0692. The Hall–Kier alpha value is -5.47. The number of Topliss-reactive ketones (excluding diaryl/α,β-unsaturated/α-hetero) is 1. The molecule has 4 aromatic carbocycles. The molecule has 15 heteroatoms. The molecule has 2 atom stereocenters. The van der Waals surface area contributed by atoms with Gasteiger partial charge in [-0.05, 0) is 85.5 Å². The van der Waals surface area contributed by atoms with Gasteiger partial charge in [0.25, 0.3) is 0 Å². The van der Waals surface area contributed by atoms with Gasteiger partial charge in [-0.1, -0.05) is 61.4 Å². The number of benzene rings is 4. The van der Waals surface area contributed by atoms with Crippen molar-refractivity contribution < 1.29 is 62.0 Å². The fraction of sp³-hybridized carbons (Fsp3) is 0.375. The van der Waals surface area contributed by atoms with Crippen molar-refractivity contribution in [2.45, 2.75) is 62.9 Å². The molecule has 1 unspecified atom stereocenters. The Morgan fingerprint density at radius 1 is 0.762 bits per heavy atom. The number of hydrogen-bond donors (Lipinski definition) is 2. The monoisotopic (exact) mass is 887 g/mol. The van der Waals surface area contributed by atoms with E-state index in [9.17, 15) is 28.8 Å². The molecule has 1 heterocycles. The molecular formula is C48H58NO13P. The predicted molar refractivity (Wildman–Crippen MR) is 237 cm³/mol. The number of nitrogens with zero attached hydrogens (tertiary/aromatic N) is 1. The molecule has 63 heavy (non-hydrogen) atoms. The lowest BCUT2D eigenvalue weighted by Gasteiger charge is -2.32. The molecule has 1 saturated heterocycles. The molecule has 0 spiro atoms. The molecule has 0 aromatic heterocycles. The molecule has 1 aliphatic rings. The summed E-state index contributed by atoms with van der Waals surface area (Å²) in [6.07, 6.45) is 6.85. The lowest BCUT2D eigenvalue weighted by molar-refractivity contribution is -0.183. The van der Waals surface area contributed by atoms with Crippen molar-refractivity contribution in [3.05, 3.63) is 143 Å². The Kier molecular flexibility index (Phi) is 19.4. The summed E-state index contributed by atoms with van der Waals surface area (Å²) in [6.45, 7) is 0.628. The highest BCUT2D eigenvalue weighted by atomic mass is 31.2. The Morgan fingerprint density at radius 2 is 1.37 bits per heavy atom. The second kappa shape index (κ2) is 24.4. The fourth-order valence-corrected chi connectivity index (χ4v) is 8.12. The normalized spacial score (nSPS) is 14.6. The van der Waals surface area contributed by atoms with Crippen LogP contribution >= 0.6 is 7.60 Å². The van der Waals surface area contributed by atoms with Gasteiger partial charge in [0.15, 0.2) is 11.6 Å². The Morgan fingerprint density at radius 3 is 1.97 bits per heavy atom. The van der Waals surface area contributed by atoms with Crippen molar-refractivity contribution in [1.82, 2.24) is 4.90 Å². The number of carboxylic acid groups (broad SMARTS) is 1. The number of methoxy groups -OCH3 is 4. The highest BCUT2D eigenvalue weighted by molar-refractivity contribution is 7.54. The third-order valence-corrected chi connectivity index (χ3v) is 12.6. The van der Waals surface area contributed by atoms with Gasteiger partial charge in [-0.15, -0.1) is 0 Å². The van der Waals surface area contributed by atoms with Crippen LogP contribution < -0.4 is 9.47 Å². The zero-order valence-corrected chi connectivity index (χ0v) is 37.6. The van der Waals surface area contributed by atoms with Crippen molar-refractivity contribution in [2.75, 3.05) is 55.4 Å². The van der Waals surface area contributed by atoms with Crippen LogP contribution in [0.4, 0.5) is 0 Å². The number of amides is 1. The largest absolute Gasteiger partial charge is 0.497 e. The molecule has 1 amide bonds. The lowest BCUT2D eigenvalue weighted by atomic mass is 9.94. The van der Waals surface area contributed by atoms with Crippen molar-refractivity contribution in [3.8, 4) is 11.5 Å². The minimum atomic E-state index is -3.47. The van der Waals surface area contributed by atoms with Crippen LogP contribution in [0.3, 0.4) is 0 Å². The number of ether oxygens (including phenoxy) is 4. The molecule has 1 fully saturated rings. The van der Waals surface area contributed by atoms with E-state index in [0.29, 0.717) is 65.1 Å². The second-order valence-corrected chi connectivity index (χ2v) is 16.9. The number of aliphatic carboxylic acids is 1. The number of aliphatic hydroxyl groups excluding tert-OH is 1. The van der Waals surface area contributed by atoms with Gasteiger partial charge in [0.2, 0.25) is 11.7 Å². The Bertz CT molecular complexity index is 2190. The second-order valence-electron chi connectivity index (χ2n) is 14.7. The first-order chi connectivity index (χ1) is 30.3. The summed E-state index contributed by atoms with van der Waals surface area (Å²) >= 11 is 0. The van der Waals surface area contributed by atoms with Crippen LogP contribution in [0.15, 0.2) is 109 Å². The molecule has 4 aromatic rings. The first kappa shape index (κ1) is 50.2. The summed E-state index contributed by atoms with van der Waals surface area (Å²) < 4.78 is 43.8. The maximum Gasteiger partial charge on any atom is 0.337 e. The minimum Gasteiger partial charge on any atom is -0.497 e. The van der Waals surface area contributed by atoms with E-state index in [2.05, 4.69) is 0 Å². The van der Waals surface area contributed by atoms with Crippen molar-refractivity contribution in [3.63, 3.8) is 0 Å².